The van der Waals surface area contributed by atoms with Crippen LogP contribution in [0.5, 0.6) is 0 Å². The number of benzene rings is 1. The number of aryl methyl sites for hydroxylation is 2. The quantitative estimate of drug-likeness (QED) is 0.768. The summed E-state index contributed by atoms with van der Waals surface area (Å²) in [5.41, 5.74) is 1.52. The van der Waals surface area contributed by atoms with Gasteiger partial charge in [0.1, 0.15) is 0 Å². The molecule has 0 aliphatic rings. The Kier molecular flexibility index (Phi) is 3.20. The largest absolute Gasteiger partial charge is 0.326 e. The van der Waals surface area contributed by atoms with Gasteiger partial charge >= 0.3 is 5.69 Å². The highest BCUT2D eigenvalue weighted by molar-refractivity contribution is 5.74. The summed E-state index contributed by atoms with van der Waals surface area (Å²) in [6.45, 7) is 1.10. The number of rotatable bonds is 4. The Morgan fingerprint density at radius 1 is 1.10 bits per heavy atom. The van der Waals surface area contributed by atoms with Gasteiger partial charge in [0.15, 0.2) is 0 Å². The molecule has 0 fully saturated rings. The normalized spacial score (nSPS) is 11.0. The first-order valence-corrected chi connectivity index (χ1v) is 6.44. The molecule has 0 bridgehead atoms. The molecule has 6 nitrogen and oxygen atoms in total. The predicted molar refractivity (Wildman–Crippen MR) is 75.7 cm³/mol. The molecule has 3 aromatic rings. The molecule has 0 radical (unpaired) electrons. The van der Waals surface area contributed by atoms with Gasteiger partial charge in [0, 0.05) is 25.4 Å². The summed E-state index contributed by atoms with van der Waals surface area (Å²) in [4.78, 5) is 30.1. The van der Waals surface area contributed by atoms with Gasteiger partial charge in [0.05, 0.1) is 17.4 Å². The number of hydrogen-bond acceptors (Lipinski definition) is 3. The maximum atomic E-state index is 11.9. The molecule has 0 aliphatic carbocycles. The lowest BCUT2D eigenvalue weighted by Gasteiger charge is -2.05. The highest BCUT2D eigenvalue weighted by atomic mass is 16.1. The van der Waals surface area contributed by atoms with Crippen molar-refractivity contribution < 1.29 is 0 Å². The SMILES string of the molecule is O=c1ccncn1CCCn1c(=O)[nH]c2ccccc21. The number of H-pyrrole nitrogens is 1. The van der Waals surface area contributed by atoms with E-state index in [1.54, 1.807) is 9.13 Å². The summed E-state index contributed by atoms with van der Waals surface area (Å²) in [6, 6.07) is 9.00. The standard InChI is InChI=1S/C14H14N4O2/c19-13-6-7-15-10-17(13)8-3-9-18-12-5-2-1-4-11(12)16-14(18)20/h1-2,4-7,10H,3,8-9H2,(H,16,20). The van der Waals surface area contributed by atoms with E-state index < -0.39 is 0 Å². The fourth-order valence-electron chi connectivity index (χ4n) is 2.27. The van der Waals surface area contributed by atoms with Crippen LogP contribution in [0.15, 0.2) is 52.4 Å². The molecule has 20 heavy (non-hydrogen) atoms. The van der Waals surface area contributed by atoms with E-state index >= 15 is 0 Å². The zero-order valence-electron chi connectivity index (χ0n) is 10.8. The molecule has 0 aliphatic heterocycles. The highest BCUT2D eigenvalue weighted by Crippen LogP contribution is 2.09. The van der Waals surface area contributed by atoms with Crippen molar-refractivity contribution in [1.29, 1.82) is 0 Å². The smallest absolute Gasteiger partial charge is 0.306 e. The minimum Gasteiger partial charge on any atom is -0.306 e. The Morgan fingerprint density at radius 3 is 2.80 bits per heavy atom. The van der Waals surface area contributed by atoms with E-state index in [-0.39, 0.29) is 11.2 Å². The van der Waals surface area contributed by atoms with Crippen LogP contribution in [-0.2, 0) is 13.1 Å². The van der Waals surface area contributed by atoms with Crippen LogP contribution in [-0.4, -0.2) is 19.1 Å². The van der Waals surface area contributed by atoms with Crippen molar-refractivity contribution in [1.82, 2.24) is 19.1 Å². The summed E-state index contributed by atoms with van der Waals surface area (Å²) in [6.07, 6.45) is 3.68. The summed E-state index contributed by atoms with van der Waals surface area (Å²) < 4.78 is 3.23. The van der Waals surface area contributed by atoms with Crippen molar-refractivity contribution in [2.75, 3.05) is 0 Å². The first-order valence-electron chi connectivity index (χ1n) is 6.44. The van der Waals surface area contributed by atoms with Crippen LogP contribution < -0.4 is 11.2 Å². The molecular formula is C14H14N4O2. The number of aromatic amines is 1. The van der Waals surface area contributed by atoms with Gasteiger partial charge in [-0.05, 0) is 18.6 Å². The Morgan fingerprint density at radius 2 is 1.95 bits per heavy atom. The van der Waals surface area contributed by atoms with E-state index in [4.69, 9.17) is 0 Å². The lowest BCUT2D eigenvalue weighted by Crippen LogP contribution is -2.22. The average molecular weight is 270 g/mol. The molecule has 3 rings (SSSR count). The Bertz CT molecular complexity index is 844. The molecule has 0 saturated heterocycles. The molecule has 1 N–H and O–H groups in total. The third-order valence-corrected chi connectivity index (χ3v) is 3.25. The number of nitrogens with one attached hydrogen (secondary N) is 1. The van der Waals surface area contributed by atoms with Gasteiger partial charge in [0.25, 0.3) is 5.56 Å². The first kappa shape index (κ1) is 12.4. The Hall–Kier alpha value is -2.63. The maximum Gasteiger partial charge on any atom is 0.326 e. The van der Waals surface area contributed by atoms with Gasteiger partial charge in [-0.1, -0.05) is 12.1 Å². The third kappa shape index (κ3) is 2.27. The van der Waals surface area contributed by atoms with E-state index in [2.05, 4.69) is 9.97 Å². The number of nitrogens with zero attached hydrogens (tertiary/aromatic N) is 3. The second kappa shape index (κ2) is 5.16. The Labute approximate surface area is 114 Å². The fourth-order valence-corrected chi connectivity index (χ4v) is 2.27. The lowest BCUT2D eigenvalue weighted by molar-refractivity contribution is 0.547. The third-order valence-electron chi connectivity index (χ3n) is 3.25. The van der Waals surface area contributed by atoms with Crippen molar-refractivity contribution >= 4 is 11.0 Å². The highest BCUT2D eigenvalue weighted by Gasteiger charge is 2.05. The summed E-state index contributed by atoms with van der Waals surface area (Å²) in [5, 5.41) is 0. The zero-order chi connectivity index (χ0) is 13.9. The molecule has 0 amide bonds. The van der Waals surface area contributed by atoms with Gasteiger partial charge in [0.2, 0.25) is 0 Å². The molecule has 2 heterocycles. The number of aromatic nitrogens is 4. The van der Waals surface area contributed by atoms with Crippen LogP contribution in [0.2, 0.25) is 0 Å². The minimum atomic E-state index is -0.121. The number of imidazole rings is 1. The molecule has 0 spiro atoms. The van der Waals surface area contributed by atoms with Crippen molar-refractivity contribution in [3.05, 3.63) is 63.7 Å². The van der Waals surface area contributed by atoms with Crippen LogP contribution in [0.25, 0.3) is 11.0 Å². The topological polar surface area (TPSA) is 72.7 Å². The average Bonchev–Trinajstić information content (AvgIpc) is 2.77. The second-order valence-corrected chi connectivity index (χ2v) is 4.56. The summed E-state index contributed by atoms with van der Waals surface area (Å²) >= 11 is 0. The first-order chi connectivity index (χ1) is 9.75. The van der Waals surface area contributed by atoms with E-state index in [0.717, 1.165) is 11.0 Å². The van der Waals surface area contributed by atoms with E-state index in [1.165, 1.54) is 18.6 Å². The summed E-state index contributed by atoms with van der Waals surface area (Å²) in [5.74, 6) is 0. The maximum absolute atomic E-state index is 11.9. The zero-order valence-corrected chi connectivity index (χ0v) is 10.8. The number of hydrogen-bond donors (Lipinski definition) is 1. The molecular weight excluding hydrogens is 256 g/mol. The molecule has 0 unspecified atom stereocenters. The van der Waals surface area contributed by atoms with Crippen molar-refractivity contribution in [3.63, 3.8) is 0 Å². The monoisotopic (exact) mass is 270 g/mol. The molecule has 102 valence electrons. The molecule has 2 aromatic heterocycles. The minimum absolute atomic E-state index is 0.0775. The van der Waals surface area contributed by atoms with Gasteiger partial charge in [-0.15, -0.1) is 0 Å². The Balaban J connectivity index is 1.78. The summed E-state index contributed by atoms with van der Waals surface area (Å²) in [7, 11) is 0. The van der Waals surface area contributed by atoms with Crippen LogP contribution in [0.4, 0.5) is 0 Å². The number of fused-ring (bicyclic) bond motifs is 1. The molecule has 0 atom stereocenters. The fraction of sp³-hybridized carbons (Fsp3) is 0.214. The van der Waals surface area contributed by atoms with Crippen LogP contribution in [0.3, 0.4) is 0 Å². The van der Waals surface area contributed by atoms with Crippen LogP contribution >= 0.6 is 0 Å². The second-order valence-electron chi connectivity index (χ2n) is 4.56. The van der Waals surface area contributed by atoms with Gasteiger partial charge in [-0.25, -0.2) is 9.78 Å². The predicted octanol–water partition coefficient (Wildman–Crippen LogP) is 0.977. The number of para-hydroxylation sites is 2. The van der Waals surface area contributed by atoms with Crippen LogP contribution in [0, 0.1) is 0 Å². The molecule has 6 heteroatoms. The van der Waals surface area contributed by atoms with Gasteiger partial charge in [-0.2, -0.15) is 0 Å². The van der Waals surface area contributed by atoms with E-state index in [0.29, 0.717) is 19.5 Å². The van der Waals surface area contributed by atoms with Crippen molar-refractivity contribution in [2.45, 2.75) is 19.5 Å². The molecule has 0 saturated carbocycles. The van der Waals surface area contributed by atoms with Crippen molar-refractivity contribution in [2.24, 2.45) is 0 Å². The van der Waals surface area contributed by atoms with Crippen molar-refractivity contribution in [3.8, 4) is 0 Å². The lowest BCUT2D eigenvalue weighted by atomic mass is 10.3. The van der Waals surface area contributed by atoms with Crippen LogP contribution in [0.1, 0.15) is 6.42 Å². The van der Waals surface area contributed by atoms with E-state index in [9.17, 15) is 9.59 Å². The van der Waals surface area contributed by atoms with Gasteiger partial charge in [-0.3, -0.25) is 13.9 Å². The molecule has 1 aromatic carbocycles. The van der Waals surface area contributed by atoms with Gasteiger partial charge < -0.3 is 4.98 Å². The van der Waals surface area contributed by atoms with E-state index in [1.807, 2.05) is 24.3 Å².